The predicted molar refractivity (Wildman–Crippen MR) is 102 cm³/mol. The number of benzene rings is 1. The molecule has 1 aromatic carbocycles. The molecule has 0 aliphatic rings. The molecule has 2 rings (SSSR count). The molecule has 0 spiro atoms. The zero-order chi connectivity index (χ0) is 18.8. The second kappa shape index (κ2) is 10.1. The van der Waals surface area contributed by atoms with Crippen molar-refractivity contribution < 1.29 is 14.2 Å². The molecule has 0 saturated heterocycles. The second-order valence-electron chi connectivity index (χ2n) is 5.42. The third-order valence-electron chi connectivity index (χ3n) is 3.86. The molecule has 0 aliphatic carbocycles. The Hall–Kier alpha value is -2.96. The maximum absolute atomic E-state index is 5.51. The van der Waals surface area contributed by atoms with Crippen LogP contribution >= 0.6 is 0 Å². The first-order valence-electron chi connectivity index (χ1n) is 8.35. The number of hydrogen-bond acceptors (Lipinski definition) is 5. The minimum Gasteiger partial charge on any atom is -0.493 e. The Balaban J connectivity index is 1.93. The van der Waals surface area contributed by atoms with Crippen LogP contribution in [-0.4, -0.2) is 45.9 Å². The van der Waals surface area contributed by atoms with E-state index >= 15 is 0 Å². The van der Waals surface area contributed by atoms with Gasteiger partial charge in [-0.25, -0.2) is 0 Å². The molecule has 0 aliphatic heterocycles. The van der Waals surface area contributed by atoms with Crippen LogP contribution in [0.25, 0.3) is 0 Å². The topological polar surface area (TPSA) is 77.0 Å². The van der Waals surface area contributed by atoms with E-state index in [2.05, 4.69) is 20.6 Å². The van der Waals surface area contributed by atoms with Crippen LogP contribution in [0.3, 0.4) is 0 Å². The average Bonchev–Trinajstić information content (AvgIpc) is 2.70. The van der Waals surface area contributed by atoms with Gasteiger partial charge in [-0.1, -0.05) is 12.1 Å². The number of rotatable bonds is 8. The van der Waals surface area contributed by atoms with Gasteiger partial charge in [-0.15, -0.1) is 0 Å². The molecule has 0 saturated carbocycles. The summed E-state index contributed by atoms with van der Waals surface area (Å²) in [5.41, 5.74) is 1.98. The molecule has 0 fully saturated rings. The third-order valence-corrected chi connectivity index (χ3v) is 3.86. The molecule has 0 atom stereocenters. The first-order valence-corrected chi connectivity index (χ1v) is 8.35. The summed E-state index contributed by atoms with van der Waals surface area (Å²) in [4.78, 5) is 8.51. The second-order valence-corrected chi connectivity index (χ2v) is 5.42. The van der Waals surface area contributed by atoms with E-state index < -0.39 is 0 Å². The lowest BCUT2D eigenvalue weighted by molar-refractivity contribution is 0.322. The van der Waals surface area contributed by atoms with Gasteiger partial charge in [0.15, 0.2) is 17.5 Å². The Bertz CT molecular complexity index is 720. The number of aliphatic imine (C=N–C) groups is 1. The van der Waals surface area contributed by atoms with Crippen molar-refractivity contribution in [1.82, 2.24) is 15.6 Å². The molecule has 0 amide bonds. The molecule has 140 valence electrons. The van der Waals surface area contributed by atoms with E-state index in [1.165, 1.54) is 0 Å². The van der Waals surface area contributed by atoms with E-state index in [9.17, 15) is 0 Å². The molecule has 1 aromatic heterocycles. The molecule has 7 nitrogen and oxygen atoms in total. The van der Waals surface area contributed by atoms with Gasteiger partial charge >= 0.3 is 0 Å². The lowest BCUT2D eigenvalue weighted by Crippen LogP contribution is -2.38. The highest BCUT2D eigenvalue weighted by Gasteiger charge is 2.15. The van der Waals surface area contributed by atoms with Crippen molar-refractivity contribution >= 4 is 5.96 Å². The van der Waals surface area contributed by atoms with E-state index in [0.717, 1.165) is 23.6 Å². The Labute approximate surface area is 154 Å². The summed E-state index contributed by atoms with van der Waals surface area (Å²) in [7, 11) is 6.58. The minimum atomic E-state index is 0.602. The van der Waals surface area contributed by atoms with Gasteiger partial charge in [-0.05, 0) is 24.6 Å². The van der Waals surface area contributed by atoms with E-state index in [4.69, 9.17) is 14.2 Å². The monoisotopic (exact) mass is 358 g/mol. The van der Waals surface area contributed by atoms with Gasteiger partial charge in [0.25, 0.3) is 0 Å². The number of hydrogen-bond donors (Lipinski definition) is 2. The van der Waals surface area contributed by atoms with Gasteiger partial charge in [0.1, 0.15) is 0 Å². The maximum atomic E-state index is 5.51. The highest BCUT2D eigenvalue weighted by atomic mass is 16.5. The normalized spacial score (nSPS) is 11.0. The van der Waals surface area contributed by atoms with Crippen molar-refractivity contribution in [2.75, 3.05) is 34.9 Å². The SMILES string of the molecule is CN=C(NCCc1ccc(OC)c(OC)c1OC)NCc1ccccn1. The smallest absolute Gasteiger partial charge is 0.203 e. The van der Waals surface area contributed by atoms with E-state index in [1.807, 2.05) is 30.3 Å². The van der Waals surface area contributed by atoms with Crippen molar-refractivity contribution in [1.29, 1.82) is 0 Å². The van der Waals surface area contributed by atoms with Gasteiger partial charge in [0.2, 0.25) is 5.75 Å². The number of methoxy groups -OCH3 is 3. The number of nitrogens with zero attached hydrogens (tertiary/aromatic N) is 2. The fourth-order valence-electron chi connectivity index (χ4n) is 2.57. The lowest BCUT2D eigenvalue weighted by atomic mass is 10.1. The van der Waals surface area contributed by atoms with Crippen LogP contribution in [0.15, 0.2) is 41.5 Å². The number of nitrogens with one attached hydrogen (secondary N) is 2. The Morgan fingerprint density at radius 2 is 1.81 bits per heavy atom. The van der Waals surface area contributed by atoms with Gasteiger partial charge in [-0.3, -0.25) is 9.98 Å². The molecular formula is C19H26N4O3. The summed E-state index contributed by atoms with van der Waals surface area (Å²) in [6.07, 6.45) is 2.52. The summed E-state index contributed by atoms with van der Waals surface area (Å²) in [5, 5.41) is 6.53. The summed E-state index contributed by atoms with van der Waals surface area (Å²) in [6, 6.07) is 9.68. The van der Waals surface area contributed by atoms with Crippen molar-refractivity contribution in [2.45, 2.75) is 13.0 Å². The fraction of sp³-hybridized carbons (Fsp3) is 0.368. The predicted octanol–water partition coefficient (Wildman–Crippen LogP) is 2.02. The molecule has 0 bridgehead atoms. The Morgan fingerprint density at radius 3 is 2.42 bits per heavy atom. The minimum absolute atomic E-state index is 0.602. The van der Waals surface area contributed by atoms with Crippen LogP contribution in [0.5, 0.6) is 17.2 Å². The van der Waals surface area contributed by atoms with Gasteiger partial charge in [-0.2, -0.15) is 0 Å². The Kier molecular flexibility index (Phi) is 7.54. The highest BCUT2D eigenvalue weighted by Crippen LogP contribution is 2.39. The van der Waals surface area contributed by atoms with Crippen LogP contribution < -0.4 is 24.8 Å². The van der Waals surface area contributed by atoms with Crippen molar-refractivity contribution in [3.63, 3.8) is 0 Å². The molecule has 1 heterocycles. The molecule has 2 N–H and O–H groups in total. The number of pyridine rings is 1. The highest BCUT2D eigenvalue weighted by molar-refractivity contribution is 5.79. The summed E-state index contributed by atoms with van der Waals surface area (Å²) < 4.78 is 16.2. The number of aromatic nitrogens is 1. The van der Waals surface area contributed by atoms with Crippen molar-refractivity contribution in [3.05, 3.63) is 47.8 Å². The van der Waals surface area contributed by atoms with Crippen LogP contribution in [-0.2, 0) is 13.0 Å². The van der Waals surface area contributed by atoms with Gasteiger partial charge in [0, 0.05) is 25.4 Å². The van der Waals surface area contributed by atoms with Crippen LogP contribution in [0.2, 0.25) is 0 Å². The molecular weight excluding hydrogens is 332 g/mol. The standard InChI is InChI=1S/C19H26N4O3/c1-20-19(23-13-15-7-5-6-11-21-15)22-12-10-14-8-9-16(24-2)18(26-4)17(14)25-3/h5-9,11H,10,12-13H2,1-4H3,(H2,20,22,23). The van der Waals surface area contributed by atoms with E-state index in [0.29, 0.717) is 30.3 Å². The van der Waals surface area contributed by atoms with Crippen LogP contribution in [0.1, 0.15) is 11.3 Å². The van der Waals surface area contributed by atoms with Crippen molar-refractivity contribution in [3.8, 4) is 17.2 Å². The molecule has 26 heavy (non-hydrogen) atoms. The first-order chi connectivity index (χ1) is 12.7. The third kappa shape index (κ3) is 5.02. The zero-order valence-electron chi connectivity index (χ0n) is 15.7. The van der Waals surface area contributed by atoms with Crippen LogP contribution in [0.4, 0.5) is 0 Å². The summed E-state index contributed by atoms with van der Waals surface area (Å²) in [5.74, 6) is 2.65. The number of guanidine groups is 1. The number of ether oxygens (including phenoxy) is 3. The summed E-state index contributed by atoms with van der Waals surface area (Å²) >= 11 is 0. The lowest BCUT2D eigenvalue weighted by Gasteiger charge is -2.16. The molecule has 2 aromatic rings. The maximum Gasteiger partial charge on any atom is 0.203 e. The molecule has 0 unspecified atom stereocenters. The zero-order valence-corrected chi connectivity index (χ0v) is 15.7. The molecule has 0 radical (unpaired) electrons. The average molecular weight is 358 g/mol. The quantitative estimate of drug-likeness (QED) is 0.555. The van der Waals surface area contributed by atoms with E-state index in [1.54, 1.807) is 34.6 Å². The van der Waals surface area contributed by atoms with Crippen LogP contribution in [0, 0.1) is 0 Å². The Morgan fingerprint density at radius 1 is 1.00 bits per heavy atom. The van der Waals surface area contributed by atoms with E-state index in [-0.39, 0.29) is 0 Å². The molecule has 7 heteroatoms. The largest absolute Gasteiger partial charge is 0.493 e. The van der Waals surface area contributed by atoms with Crippen molar-refractivity contribution in [2.24, 2.45) is 4.99 Å². The first kappa shape index (κ1) is 19.4. The summed E-state index contributed by atoms with van der Waals surface area (Å²) in [6.45, 7) is 1.30. The van der Waals surface area contributed by atoms with Gasteiger partial charge < -0.3 is 24.8 Å². The van der Waals surface area contributed by atoms with Gasteiger partial charge in [0.05, 0.1) is 33.6 Å². The fourth-order valence-corrected chi connectivity index (χ4v) is 2.57.